The molecule has 122 valence electrons. The third kappa shape index (κ3) is 4.15. The van der Waals surface area contributed by atoms with Gasteiger partial charge in [-0.1, -0.05) is 53.5 Å². The van der Waals surface area contributed by atoms with Crippen LogP contribution in [0.25, 0.3) is 11.3 Å². The molecule has 3 aromatic rings. The van der Waals surface area contributed by atoms with E-state index in [9.17, 15) is 4.79 Å². The molecule has 0 aliphatic rings. The molecule has 24 heavy (non-hydrogen) atoms. The molecule has 0 saturated heterocycles. The number of hydrogen-bond acceptors (Lipinski definition) is 3. The second kappa shape index (κ2) is 7.79. The van der Waals surface area contributed by atoms with Crippen molar-refractivity contribution in [3.63, 3.8) is 0 Å². The van der Waals surface area contributed by atoms with Gasteiger partial charge >= 0.3 is 0 Å². The first-order valence-electron chi connectivity index (χ1n) is 7.36. The van der Waals surface area contributed by atoms with Crippen LogP contribution in [0.15, 0.2) is 53.9 Å². The number of benzene rings is 2. The first-order valence-corrected chi connectivity index (χ1v) is 9.00. The Labute approximate surface area is 154 Å². The number of carbonyl (C=O) groups excluding carboxylic acids is 1. The van der Waals surface area contributed by atoms with Crippen molar-refractivity contribution in [2.75, 3.05) is 6.54 Å². The third-order valence-electron chi connectivity index (χ3n) is 3.42. The molecule has 0 spiro atoms. The lowest BCUT2D eigenvalue weighted by molar-refractivity contribution is 0.0954. The van der Waals surface area contributed by atoms with Gasteiger partial charge in [0.2, 0.25) is 0 Å². The molecule has 2 aromatic carbocycles. The van der Waals surface area contributed by atoms with Gasteiger partial charge in [-0.3, -0.25) is 4.79 Å². The van der Waals surface area contributed by atoms with Crippen molar-refractivity contribution < 1.29 is 4.79 Å². The number of carbonyl (C=O) groups is 1. The number of halogens is 2. The molecule has 0 unspecified atom stereocenters. The van der Waals surface area contributed by atoms with Crippen molar-refractivity contribution in [2.45, 2.75) is 6.42 Å². The van der Waals surface area contributed by atoms with Gasteiger partial charge < -0.3 is 5.32 Å². The molecule has 6 heteroatoms. The van der Waals surface area contributed by atoms with Gasteiger partial charge in [0.05, 0.1) is 21.3 Å². The van der Waals surface area contributed by atoms with Crippen molar-refractivity contribution in [1.82, 2.24) is 10.3 Å². The van der Waals surface area contributed by atoms with Crippen molar-refractivity contribution in [3.8, 4) is 11.3 Å². The van der Waals surface area contributed by atoms with Gasteiger partial charge in [-0.25, -0.2) is 4.98 Å². The highest BCUT2D eigenvalue weighted by molar-refractivity contribution is 7.09. The van der Waals surface area contributed by atoms with Crippen molar-refractivity contribution in [2.24, 2.45) is 0 Å². The molecular weight excluding hydrogens is 363 g/mol. The van der Waals surface area contributed by atoms with Gasteiger partial charge in [-0.05, 0) is 18.2 Å². The molecule has 3 nitrogen and oxygen atoms in total. The van der Waals surface area contributed by atoms with Gasteiger partial charge in [0.15, 0.2) is 0 Å². The number of rotatable bonds is 5. The highest BCUT2D eigenvalue weighted by Gasteiger charge is 2.11. The quantitative estimate of drug-likeness (QED) is 0.673. The second-order valence-corrected chi connectivity index (χ2v) is 6.91. The molecule has 0 aliphatic carbocycles. The largest absolute Gasteiger partial charge is 0.352 e. The fourth-order valence-electron chi connectivity index (χ4n) is 2.22. The number of nitrogens with zero attached hydrogens (tertiary/aromatic N) is 1. The van der Waals surface area contributed by atoms with E-state index < -0.39 is 0 Å². The van der Waals surface area contributed by atoms with E-state index in [-0.39, 0.29) is 5.91 Å². The summed E-state index contributed by atoms with van der Waals surface area (Å²) in [6.45, 7) is 0.500. The van der Waals surface area contributed by atoms with Crippen LogP contribution in [0.1, 0.15) is 15.4 Å². The molecular formula is C18H14Cl2N2OS. The lowest BCUT2D eigenvalue weighted by atomic mass is 10.2. The minimum atomic E-state index is -0.212. The van der Waals surface area contributed by atoms with E-state index in [2.05, 4.69) is 10.3 Å². The molecule has 0 fully saturated rings. The summed E-state index contributed by atoms with van der Waals surface area (Å²) >= 11 is 13.5. The smallest absolute Gasteiger partial charge is 0.252 e. The summed E-state index contributed by atoms with van der Waals surface area (Å²) in [6.07, 6.45) is 0.675. The monoisotopic (exact) mass is 376 g/mol. The van der Waals surface area contributed by atoms with E-state index in [1.54, 1.807) is 29.5 Å². The zero-order valence-corrected chi connectivity index (χ0v) is 15.0. The fraction of sp³-hybridized carbons (Fsp3) is 0.111. The van der Waals surface area contributed by atoms with Crippen molar-refractivity contribution in [3.05, 3.63) is 74.5 Å². The molecule has 1 heterocycles. The minimum Gasteiger partial charge on any atom is -0.352 e. The van der Waals surface area contributed by atoms with E-state index in [0.29, 0.717) is 28.6 Å². The minimum absolute atomic E-state index is 0.212. The van der Waals surface area contributed by atoms with Crippen molar-refractivity contribution >= 4 is 40.4 Å². The summed E-state index contributed by atoms with van der Waals surface area (Å²) in [6, 6.07) is 14.9. The lowest BCUT2D eigenvalue weighted by Gasteiger charge is -2.06. The molecule has 0 aliphatic heterocycles. The fourth-order valence-corrected chi connectivity index (χ4v) is 3.52. The summed E-state index contributed by atoms with van der Waals surface area (Å²) < 4.78 is 0. The van der Waals surface area contributed by atoms with Crippen LogP contribution in [0, 0.1) is 0 Å². The number of hydrogen-bond donors (Lipinski definition) is 1. The van der Waals surface area contributed by atoms with E-state index in [1.165, 1.54) is 0 Å². The van der Waals surface area contributed by atoms with Crippen LogP contribution in [0.3, 0.4) is 0 Å². The normalized spacial score (nSPS) is 10.6. The van der Waals surface area contributed by atoms with Crippen LogP contribution in [0.4, 0.5) is 0 Å². The maximum Gasteiger partial charge on any atom is 0.252 e. The predicted molar refractivity (Wildman–Crippen MR) is 100 cm³/mol. The average Bonchev–Trinajstić information content (AvgIpc) is 3.04. The SMILES string of the molecule is O=C(NCCc1nc(-c2ccccc2)cs1)c1ccc(Cl)cc1Cl. The highest BCUT2D eigenvalue weighted by atomic mass is 35.5. The third-order valence-corrected chi connectivity index (χ3v) is 4.88. The Balaban J connectivity index is 1.57. The molecule has 0 saturated carbocycles. The molecule has 0 atom stereocenters. The van der Waals surface area contributed by atoms with E-state index in [0.717, 1.165) is 16.3 Å². The Morgan fingerprint density at radius 3 is 2.67 bits per heavy atom. The Hall–Kier alpha value is -1.88. The summed E-state index contributed by atoms with van der Waals surface area (Å²) in [5, 5.41) is 6.72. The zero-order chi connectivity index (χ0) is 16.9. The summed E-state index contributed by atoms with van der Waals surface area (Å²) in [5.74, 6) is -0.212. The van der Waals surface area contributed by atoms with E-state index in [4.69, 9.17) is 23.2 Å². The summed E-state index contributed by atoms with van der Waals surface area (Å²) in [5.41, 5.74) is 2.48. The second-order valence-electron chi connectivity index (χ2n) is 5.12. The van der Waals surface area contributed by atoms with Crippen LogP contribution in [0.5, 0.6) is 0 Å². The lowest BCUT2D eigenvalue weighted by Crippen LogP contribution is -2.25. The zero-order valence-electron chi connectivity index (χ0n) is 12.6. The number of amides is 1. The Bertz CT molecular complexity index is 849. The maximum atomic E-state index is 12.1. The van der Waals surface area contributed by atoms with Gasteiger partial charge in [-0.15, -0.1) is 11.3 Å². The summed E-state index contributed by atoms with van der Waals surface area (Å²) in [7, 11) is 0. The average molecular weight is 377 g/mol. The van der Waals surface area contributed by atoms with E-state index >= 15 is 0 Å². The Kier molecular flexibility index (Phi) is 5.51. The molecule has 0 bridgehead atoms. The molecule has 1 amide bonds. The number of aromatic nitrogens is 1. The number of nitrogens with one attached hydrogen (secondary N) is 1. The first kappa shape index (κ1) is 17.0. The first-order chi connectivity index (χ1) is 11.6. The van der Waals surface area contributed by atoms with Crippen LogP contribution in [0.2, 0.25) is 10.0 Å². The standard InChI is InChI=1S/C18H14Cl2N2OS/c19-13-6-7-14(15(20)10-13)18(23)21-9-8-17-22-16(11-24-17)12-4-2-1-3-5-12/h1-7,10-11H,8-9H2,(H,21,23). The van der Waals surface area contributed by atoms with Crippen LogP contribution < -0.4 is 5.32 Å². The van der Waals surface area contributed by atoms with E-state index in [1.807, 2.05) is 35.7 Å². The van der Waals surface area contributed by atoms with Crippen LogP contribution >= 0.6 is 34.5 Å². The highest BCUT2D eigenvalue weighted by Crippen LogP contribution is 2.22. The Morgan fingerprint density at radius 1 is 1.12 bits per heavy atom. The van der Waals surface area contributed by atoms with Gasteiger partial charge in [0.1, 0.15) is 0 Å². The van der Waals surface area contributed by atoms with Crippen molar-refractivity contribution in [1.29, 1.82) is 0 Å². The Morgan fingerprint density at radius 2 is 1.92 bits per heavy atom. The van der Waals surface area contributed by atoms with Gasteiger partial charge in [0, 0.05) is 28.9 Å². The molecule has 0 radical (unpaired) electrons. The maximum absolute atomic E-state index is 12.1. The molecule has 1 aromatic heterocycles. The molecule has 1 N–H and O–H groups in total. The molecule has 3 rings (SSSR count). The van der Waals surface area contributed by atoms with Crippen LogP contribution in [-0.4, -0.2) is 17.4 Å². The van der Waals surface area contributed by atoms with Gasteiger partial charge in [0.25, 0.3) is 5.91 Å². The summed E-state index contributed by atoms with van der Waals surface area (Å²) in [4.78, 5) is 16.7. The predicted octanol–water partition coefficient (Wildman–Crippen LogP) is 5.09. The van der Waals surface area contributed by atoms with Gasteiger partial charge in [-0.2, -0.15) is 0 Å². The number of thiazole rings is 1. The van der Waals surface area contributed by atoms with Crippen LogP contribution in [-0.2, 0) is 6.42 Å². The topological polar surface area (TPSA) is 42.0 Å².